The number of halogens is 1. The van der Waals surface area contributed by atoms with E-state index in [0.29, 0.717) is 12.2 Å². The number of aromatic nitrogens is 3. The first-order valence-corrected chi connectivity index (χ1v) is 37.3. The number of carboxylic acid groups (broad SMARTS) is 1. The highest BCUT2D eigenvalue weighted by Gasteiger charge is 2.61. The summed E-state index contributed by atoms with van der Waals surface area (Å²) in [6.45, 7) is 1.84. The zero-order valence-corrected chi connectivity index (χ0v) is 62.4. The van der Waals surface area contributed by atoms with Crippen molar-refractivity contribution in [3.63, 3.8) is 0 Å². The molecule has 4 fully saturated rings. The van der Waals surface area contributed by atoms with Gasteiger partial charge in [-0.15, -0.1) is 30.4 Å². The predicted molar refractivity (Wildman–Crippen MR) is 383 cm³/mol. The lowest BCUT2D eigenvalue weighted by Gasteiger charge is -2.51. The largest absolute Gasteiger partial charge is 0.477 e. The molecule has 1 saturated carbocycles. The SMILES string of the molecule is CC(=O)NC1C(O)CC(OC2C(O)C(CO)OC(OC3CC(C(=O)CCCNC(=O)COCCOCC(=O)Nc4cccc(CNc5cc(C)cc6ccccc56)c4)CC(n4cc(-c5cccc(F)c5)nn4)C3OC3OC(C)C(O)C(O)C3O)C2OC(=O)c2ccccc2)(C(=O)O)OC1[C@H](O)[C@H](O)CO.O=S(=O)=O.O=S(=O)=O. The van der Waals surface area contributed by atoms with Crippen molar-refractivity contribution in [1.82, 2.24) is 25.6 Å². The first-order chi connectivity index (χ1) is 53.8. The third-order valence-electron chi connectivity index (χ3n) is 18.6. The number of fused-ring (bicyclic) bond motifs is 1. The Hall–Kier alpha value is -9.19. The molecule has 1 aliphatic carbocycles. The molecule has 616 valence electrons. The van der Waals surface area contributed by atoms with Gasteiger partial charge >= 0.3 is 33.2 Å². The number of nitrogens with zero attached hydrogens (tertiary/aromatic N) is 3. The number of aliphatic carboxylic acids is 1. The Morgan fingerprint density at radius 3 is 2.11 bits per heavy atom. The number of ketones is 1. The molecule has 0 spiro atoms. The number of rotatable bonds is 32. The third-order valence-corrected chi connectivity index (χ3v) is 18.6. The number of anilines is 2. The van der Waals surface area contributed by atoms with Crippen LogP contribution < -0.4 is 21.3 Å². The van der Waals surface area contributed by atoms with Gasteiger partial charge in [0.15, 0.2) is 18.7 Å². The van der Waals surface area contributed by atoms with E-state index in [9.17, 15) is 84.2 Å². The number of hydrogen-bond acceptors (Lipinski definition) is 33. The second kappa shape index (κ2) is 42.3. The lowest BCUT2D eigenvalue weighted by Crippen LogP contribution is -2.71. The summed E-state index contributed by atoms with van der Waals surface area (Å²) in [5, 5.41) is 133. The predicted octanol–water partition coefficient (Wildman–Crippen LogP) is -1.33. The Morgan fingerprint density at radius 1 is 0.752 bits per heavy atom. The van der Waals surface area contributed by atoms with Crippen molar-refractivity contribution >= 4 is 78.8 Å². The topological polar surface area (TPSA) is 569 Å². The number of aliphatic hydroxyl groups excluding tert-OH is 9. The van der Waals surface area contributed by atoms with Gasteiger partial charge in [0.2, 0.25) is 17.7 Å². The summed E-state index contributed by atoms with van der Waals surface area (Å²) >= 11 is 0. The number of aryl methyl sites for hydroxylation is 1. The van der Waals surface area contributed by atoms with Crippen molar-refractivity contribution in [3.05, 3.63) is 144 Å². The zero-order valence-electron chi connectivity index (χ0n) is 60.8. The quantitative estimate of drug-likeness (QED) is 0.0172. The Labute approximate surface area is 647 Å². The fraction of sp³-hybridized carbons (Fsp3) is 0.500. The van der Waals surface area contributed by atoms with Crippen LogP contribution >= 0.6 is 0 Å². The molecular weight excluding hydrogens is 1540 g/mol. The number of benzene rings is 5. The first-order valence-electron chi connectivity index (χ1n) is 35.3. The van der Waals surface area contributed by atoms with Crippen molar-refractivity contribution in [2.24, 2.45) is 5.92 Å². The summed E-state index contributed by atoms with van der Waals surface area (Å²) in [5.41, 5.74) is 3.83. The number of aliphatic hydroxyl groups is 9. The average Bonchev–Trinajstić information content (AvgIpc) is 1.15. The monoisotopic (exact) mass is 1630 g/mol. The summed E-state index contributed by atoms with van der Waals surface area (Å²) in [4.78, 5) is 81.3. The molecule has 3 saturated heterocycles. The highest BCUT2D eigenvalue weighted by molar-refractivity contribution is 7.59. The van der Waals surface area contributed by atoms with E-state index >= 15 is 0 Å². The summed E-state index contributed by atoms with van der Waals surface area (Å²) < 4.78 is 122. The fourth-order valence-electron chi connectivity index (χ4n) is 13.3. The number of hydrogen-bond donors (Lipinski definition) is 14. The maximum Gasteiger partial charge on any atom is 0.425 e. The minimum atomic E-state index is -3.25. The van der Waals surface area contributed by atoms with Gasteiger partial charge in [-0.3, -0.25) is 19.2 Å². The molecule has 41 heteroatoms. The second-order valence-electron chi connectivity index (χ2n) is 26.8. The zero-order chi connectivity index (χ0) is 82.4. The number of Topliss-reactive ketones (excluding diaryl/α,β-unsaturated/α-hetero) is 1. The molecule has 113 heavy (non-hydrogen) atoms. The van der Waals surface area contributed by atoms with Crippen molar-refractivity contribution in [3.8, 4) is 11.3 Å². The summed E-state index contributed by atoms with van der Waals surface area (Å²) in [6.07, 6.45) is -31.5. The summed E-state index contributed by atoms with van der Waals surface area (Å²) in [5.74, 6) is -10.5. The van der Waals surface area contributed by atoms with Gasteiger partial charge in [0, 0.05) is 61.1 Å². The Morgan fingerprint density at radius 2 is 1.43 bits per heavy atom. The van der Waals surface area contributed by atoms with Crippen LogP contribution in [-0.2, 0) is 94.4 Å². The van der Waals surface area contributed by atoms with Gasteiger partial charge < -0.3 is 115 Å². The number of carboxylic acids is 1. The molecule has 18 unspecified atom stereocenters. The molecule has 6 aromatic rings. The van der Waals surface area contributed by atoms with Crippen molar-refractivity contribution in [2.75, 3.05) is 56.8 Å². The molecule has 1 aromatic heterocycles. The van der Waals surface area contributed by atoms with E-state index in [1.165, 1.54) is 60.3 Å². The number of nitrogens with one attached hydrogen (secondary N) is 4. The van der Waals surface area contributed by atoms with Crippen LogP contribution in [0, 0.1) is 18.7 Å². The normalized spacial score (nSPS) is 27.3. The summed E-state index contributed by atoms with van der Waals surface area (Å²) in [6, 6.07) is 29.2. The van der Waals surface area contributed by atoms with Crippen LogP contribution in [0.5, 0.6) is 0 Å². The second-order valence-corrected chi connectivity index (χ2v) is 27.6. The Bertz CT molecular complexity index is 4410. The Balaban J connectivity index is 0.00000191. The van der Waals surface area contributed by atoms with Crippen LogP contribution in [0.1, 0.15) is 73.5 Å². The van der Waals surface area contributed by atoms with Gasteiger partial charge in [0.1, 0.15) is 91.5 Å². The molecule has 0 radical (unpaired) electrons. The molecule has 3 aliphatic heterocycles. The Kier molecular flexibility index (Phi) is 33.4. The van der Waals surface area contributed by atoms with Crippen LogP contribution in [0.15, 0.2) is 121 Å². The lowest BCUT2D eigenvalue weighted by atomic mass is 9.78. The summed E-state index contributed by atoms with van der Waals surface area (Å²) in [7, 11) is -6.22. The molecule has 5 aromatic carbocycles. The molecule has 4 aliphatic rings. The van der Waals surface area contributed by atoms with Crippen molar-refractivity contribution in [1.29, 1.82) is 0 Å². The van der Waals surface area contributed by atoms with Crippen LogP contribution in [0.3, 0.4) is 0 Å². The van der Waals surface area contributed by atoms with E-state index in [1.807, 2.05) is 37.3 Å². The standard InChI is InChI=1S/C72H88FN7O25.2O3S/c1-37-24-42-15-7-8-19-47(42)48(25-37)75-31-40-12-9-18-46(26-40)77-57(88)36-98-23-22-97-35-56(87)74-21-11-20-51(84)44-28-50(80-32-49(78-79-80)43-16-10-17-45(73)27-43)64(103-69-63(93)62(92)59(89)38(2)99-69)54(29-44)100-70-67(102-68(94)41-13-5-4-6-14-41)66(61(91)55(34-82)101-70)105-72(71(95)96)30-52(85)58(76-39(3)83)65(104-72)60(90)53(86)33-81;2*1-4(2)3/h4-10,12-19,24-27,32,38,44,50,52-55,58-67,69-70,75,81-82,85-86,89-93H,11,20-23,28-31,33-36H2,1-3H3,(H,74,87)(H,76,83)(H,77,88)(H,95,96);;/t38?,44?,50?,52?,53-,54?,55?,58?,59?,60-,61?,62?,63?,64?,65?,66?,67?,69?,70?,72?;;/m1../s1. The molecule has 38 nitrogen and oxygen atoms in total. The molecule has 20 atom stereocenters. The van der Waals surface area contributed by atoms with Crippen LogP contribution in [0.2, 0.25) is 0 Å². The molecule has 14 N–H and O–H groups in total. The smallest absolute Gasteiger partial charge is 0.425 e. The van der Waals surface area contributed by atoms with Gasteiger partial charge in [-0.1, -0.05) is 78.0 Å². The molecule has 0 bridgehead atoms. The molecule has 4 heterocycles. The maximum absolute atomic E-state index is 14.8. The first kappa shape index (κ1) is 89.4. The highest BCUT2D eigenvalue weighted by atomic mass is 32.2. The fourth-order valence-corrected chi connectivity index (χ4v) is 13.3. The van der Waals surface area contributed by atoms with E-state index in [2.05, 4.69) is 55.8 Å². The van der Waals surface area contributed by atoms with Gasteiger partial charge in [0.25, 0.3) is 5.79 Å². The molecule has 3 amide bonds. The molecule has 10 rings (SSSR count). The number of ether oxygens (including phenoxy) is 9. The number of amides is 3. The number of carbonyl (C=O) groups excluding carboxylic acids is 5. The van der Waals surface area contributed by atoms with Crippen molar-refractivity contribution in [2.45, 2.75) is 175 Å². The highest BCUT2D eigenvalue weighted by Crippen LogP contribution is 2.44. The van der Waals surface area contributed by atoms with Gasteiger partial charge in [-0.2, -0.15) is 0 Å². The third kappa shape index (κ3) is 24.9. The minimum Gasteiger partial charge on any atom is -0.477 e. The van der Waals surface area contributed by atoms with E-state index in [1.54, 1.807) is 18.2 Å². The number of carbonyl (C=O) groups is 6. The maximum atomic E-state index is 14.8. The van der Waals surface area contributed by atoms with Crippen LogP contribution in [0.4, 0.5) is 15.8 Å². The lowest BCUT2D eigenvalue weighted by molar-refractivity contribution is -0.378. The van der Waals surface area contributed by atoms with E-state index in [4.69, 9.17) is 67.9 Å². The van der Waals surface area contributed by atoms with Crippen LogP contribution in [-0.4, -0.2) is 283 Å². The minimum absolute atomic E-state index is 0.0360. The van der Waals surface area contributed by atoms with Crippen molar-refractivity contribution < 1.29 is 152 Å². The van der Waals surface area contributed by atoms with Gasteiger partial charge in [-0.05, 0) is 92.1 Å². The molecular formula is C72H88FN7O31S2. The van der Waals surface area contributed by atoms with Gasteiger partial charge in [0.05, 0.1) is 68.6 Å². The number of esters is 1. The van der Waals surface area contributed by atoms with Crippen LogP contribution in [0.25, 0.3) is 22.0 Å². The van der Waals surface area contributed by atoms with E-state index in [-0.39, 0.29) is 68.9 Å². The van der Waals surface area contributed by atoms with Gasteiger partial charge in [-0.25, -0.2) is 18.7 Å². The average molecular weight is 1630 g/mol. The van der Waals surface area contributed by atoms with E-state index < -0.39 is 211 Å². The van der Waals surface area contributed by atoms with E-state index in [0.717, 1.165) is 34.5 Å².